The first-order valence-electron chi connectivity index (χ1n) is 8.64. The zero-order valence-corrected chi connectivity index (χ0v) is 13.6. The second kappa shape index (κ2) is 6.69. The van der Waals surface area contributed by atoms with Crippen molar-refractivity contribution in [1.29, 1.82) is 0 Å². The van der Waals surface area contributed by atoms with E-state index in [1.807, 2.05) is 18.2 Å². The van der Waals surface area contributed by atoms with Crippen LogP contribution < -0.4 is 20.3 Å². The third-order valence-electron chi connectivity index (χ3n) is 4.72. The van der Waals surface area contributed by atoms with Crippen molar-refractivity contribution in [1.82, 2.24) is 10.3 Å². The maximum atomic E-state index is 11.5. The van der Waals surface area contributed by atoms with E-state index < -0.39 is 0 Å². The zero-order valence-electron chi connectivity index (χ0n) is 13.6. The van der Waals surface area contributed by atoms with Gasteiger partial charge in [-0.1, -0.05) is 18.2 Å². The third kappa shape index (κ3) is 3.04. The molecule has 1 aliphatic carbocycles. The number of hydrogen-bond acceptors (Lipinski definition) is 4. The molecule has 24 heavy (non-hydrogen) atoms. The fourth-order valence-corrected chi connectivity index (χ4v) is 3.54. The summed E-state index contributed by atoms with van der Waals surface area (Å²) in [6, 6.07) is 9.88. The van der Waals surface area contributed by atoms with E-state index in [4.69, 9.17) is 9.47 Å². The summed E-state index contributed by atoms with van der Waals surface area (Å²) in [5.41, 5.74) is 3.37. The number of rotatable bonds is 3. The molecule has 1 aromatic heterocycles. The van der Waals surface area contributed by atoms with Gasteiger partial charge in [-0.3, -0.25) is 4.79 Å². The topological polar surface area (TPSA) is 63.4 Å². The summed E-state index contributed by atoms with van der Waals surface area (Å²) in [6.45, 7) is 2.11. The summed E-state index contributed by atoms with van der Waals surface area (Å²) in [4.78, 5) is 14.5. The lowest BCUT2D eigenvalue weighted by Crippen LogP contribution is -2.27. The van der Waals surface area contributed by atoms with Crippen molar-refractivity contribution in [3.05, 3.63) is 57.5 Å². The number of H-pyrrole nitrogens is 1. The maximum absolute atomic E-state index is 11.5. The molecule has 0 amide bonds. The average molecular weight is 326 g/mol. The first-order chi connectivity index (χ1) is 11.8. The molecular formula is C19H22N2O3. The molecule has 0 fully saturated rings. The summed E-state index contributed by atoms with van der Waals surface area (Å²) >= 11 is 0. The molecule has 5 heteroatoms. The number of para-hydroxylation sites is 1. The van der Waals surface area contributed by atoms with Crippen LogP contribution >= 0.6 is 0 Å². The molecule has 1 atom stereocenters. The second-order valence-electron chi connectivity index (χ2n) is 6.38. The lowest BCUT2D eigenvalue weighted by Gasteiger charge is -2.26. The van der Waals surface area contributed by atoms with Crippen LogP contribution in [-0.4, -0.2) is 18.2 Å². The molecule has 0 saturated carbocycles. The fraction of sp³-hybridized carbons (Fsp3) is 0.421. The average Bonchev–Trinajstić information content (AvgIpc) is 2.85. The molecule has 0 bridgehead atoms. The van der Waals surface area contributed by atoms with E-state index in [1.54, 1.807) is 6.07 Å². The van der Waals surface area contributed by atoms with Crippen molar-refractivity contribution in [2.75, 3.05) is 13.2 Å². The van der Waals surface area contributed by atoms with Crippen LogP contribution in [0.5, 0.6) is 11.5 Å². The van der Waals surface area contributed by atoms with E-state index in [1.165, 1.54) is 5.56 Å². The van der Waals surface area contributed by atoms with Gasteiger partial charge in [0.25, 0.3) is 0 Å². The number of hydrogen-bond donors (Lipinski definition) is 2. The van der Waals surface area contributed by atoms with Crippen LogP contribution in [0.25, 0.3) is 0 Å². The van der Waals surface area contributed by atoms with E-state index in [9.17, 15) is 4.79 Å². The van der Waals surface area contributed by atoms with Gasteiger partial charge >= 0.3 is 0 Å². The summed E-state index contributed by atoms with van der Waals surface area (Å²) in [5.74, 6) is 1.69. The second-order valence-corrected chi connectivity index (χ2v) is 6.38. The van der Waals surface area contributed by atoms with Gasteiger partial charge < -0.3 is 19.8 Å². The van der Waals surface area contributed by atoms with E-state index in [-0.39, 0.29) is 11.6 Å². The van der Waals surface area contributed by atoms with Crippen molar-refractivity contribution in [2.45, 2.75) is 38.3 Å². The highest BCUT2D eigenvalue weighted by Crippen LogP contribution is 2.34. The lowest BCUT2D eigenvalue weighted by molar-refractivity contribution is 0.295. The van der Waals surface area contributed by atoms with Crippen molar-refractivity contribution >= 4 is 0 Å². The number of ether oxygens (including phenoxy) is 2. The van der Waals surface area contributed by atoms with Gasteiger partial charge in [0.05, 0.1) is 13.2 Å². The van der Waals surface area contributed by atoms with Crippen LogP contribution in [0.3, 0.4) is 0 Å². The Morgan fingerprint density at radius 1 is 1.12 bits per heavy atom. The van der Waals surface area contributed by atoms with Gasteiger partial charge in [-0.15, -0.1) is 0 Å². The van der Waals surface area contributed by atoms with E-state index >= 15 is 0 Å². The molecule has 0 radical (unpaired) electrons. The SMILES string of the molecule is O=c1ccc2c([nH]1)CCC[C@@H]2NCc1cccc2c1OCCCO2. The summed E-state index contributed by atoms with van der Waals surface area (Å²) in [7, 11) is 0. The monoisotopic (exact) mass is 326 g/mol. The number of pyridine rings is 1. The Morgan fingerprint density at radius 2 is 2.04 bits per heavy atom. The molecule has 1 aromatic carbocycles. The van der Waals surface area contributed by atoms with Gasteiger partial charge in [0, 0.05) is 36.3 Å². The lowest BCUT2D eigenvalue weighted by atomic mass is 9.91. The number of fused-ring (bicyclic) bond motifs is 2. The van der Waals surface area contributed by atoms with Gasteiger partial charge in [-0.05, 0) is 30.9 Å². The highest BCUT2D eigenvalue weighted by atomic mass is 16.5. The Morgan fingerprint density at radius 3 is 3.00 bits per heavy atom. The number of aryl methyl sites for hydroxylation is 1. The van der Waals surface area contributed by atoms with Crippen LogP contribution in [0.4, 0.5) is 0 Å². The zero-order chi connectivity index (χ0) is 16.4. The smallest absolute Gasteiger partial charge is 0.248 e. The minimum absolute atomic E-state index is 0.0201. The summed E-state index contributed by atoms with van der Waals surface area (Å²) in [6.07, 6.45) is 4.01. The first-order valence-corrected chi connectivity index (χ1v) is 8.64. The molecule has 2 N–H and O–H groups in total. The molecule has 0 saturated heterocycles. The van der Waals surface area contributed by atoms with Gasteiger partial charge in [-0.25, -0.2) is 0 Å². The fourth-order valence-electron chi connectivity index (χ4n) is 3.54. The van der Waals surface area contributed by atoms with Crippen LogP contribution in [0.2, 0.25) is 0 Å². The standard InChI is InChI=1S/C19H22N2O3/c22-18-9-8-14-15(5-2-6-16(14)21-18)20-12-13-4-1-7-17-19(13)24-11-3-10-23-17/h1,4,7-9,15,20H,2-3,5-6,10-12H2,(H,21,22)/t15-/m0/s1. The summed E-state index contributed by atoms with van der Waals surface area (Å²) < 4.78 is 11.7. The van der Waals surface area contributed by atoms with Crippen LogP contribution in [0.15, 0.2) is 35.1 Å². The highest BCUT2D eigenvalue weighted by Gasteiger charge is 2.21. The Bertz CT molecular complexity index is 784. The Labute approximate surface area is 141 Å². The first kappa shape index (κ1) is 15.3. The van der Waals surface area contributed by atoms with E-state index in [2.05, 4.69) is 16.4 Å². The van der Waals surface area contributed by atoms with Crippen molar-refractivity contribution < 1.29 is 9.47 Å². The number of aromatic amines is 1. The molecule has 5 nitrogen and oxygen atoms in total. The third-order valence-corrected chi connectivity index (χ3v) is 4.72. The van der Waals surface area contributed by atoms with Crippen molar-refractivity contribution in [3.8, 4) is 11.5 Å². The molecule has 2 aliphatic rings. The molecule has 2 aromatic rings. The molecule has 2 heterocycles. The Balaban J connectivity index is 1.54. The maximum Gasteiger partial charge on any atom is 0.248 e. The van der Waals surface area contributed by atoms with Gasteiger partial charge in [-0.2, -0.15) is 0 Å². The number of aromatic nitrogens is 1. The quantitative estimate of drug-likeness (QED) is 0.910. The van der Waals surface area contributed by atoms with E-state index in [0.717, 1.165) is 55.0 Å². The molecule has 0 spiro atoms. The van der Waals surface area contributed by atoms with E-state index in [0.29, 0.717) is 13.2 Å². The highest BCUT2D eigenvalue weighted by molar-refractivity contribution is 5.47. The Hall–Kier alpha value is -2.27. The molecule has 126 valence electrons. The van der Waals surface area contributed by atoms with Crippen LogP contribution in [0, 0.1) is 0 Å². The van der Waals surface area contributed by atoms with Crippen LogP contribution in [-0.2, 0) is 13.0 Å². The number of benzene rings is 1. The van der Waals surface area contributed by atoms with Gasteiger partial charge in [0.1, 0.15) is 0 Å². The minimum Gasteiger partial charge on any atom is -0.490 e. The number of nitrogens with one attached hydrogen (secondary N) is 2. The molecule has 0 unspecified atom stereocenters. The van der Waals surface area contributed by atoms with Gasteiger partial charge in [0.2, 0.25) is 5.56 Å². The van der Waals surface area contributed by atoms with Crippen LogP contribution in [0.1, 0.15) is 42.1 Å². The van der Waals surface area contributed by atoms with Crippen molar-refractivity contribution in [3.63, 3.8) is 0 Å². The molecular weight excluding hydrogens is 304 g/mol. The summed E-state index contributed by atoms with van der Waals surface area (Å²) in [5, 5.41) is 3.63. The Kier molecular flexibility index (Phi) is 4.26. The largest absolute Gasteiger partial charge is 0.490 e. The van der Waals surface area contributed by atoms with Crippen molar-refractivity contribution in [2.24, 2.45) is 0 Å². The predicted molar refractivity (Wildman–Crippen MR) is 91.6 cm³/mol. The molecule has 1 aliphatic heterocycles. The minimum atomic E-state index is -0.0201. The predicted octanol–water partition coefficient (Wildman–Crippen LogP) is 2.70. The molecule has 4 rings (SSSR count). The normalized spacial score (nSPS) is 19.4. The van der Waals surface area contributed by atoms with Gasteiger partial charge in [0.15, 0.2) is 11.5 Å².